The molecule has 0 aliphatic heterocycles. The molecule has 0 rings (SSSR count). The molecule has 0 amide bonds. The molecule has 0 heterocycles. The lowest BCUT2D eigenvalue weighted by atomic mass is 10.8. The van der Waals surface area contributed by atoms with Crippen LogP contribution in [0.4, 0.5) is 0 Å². The molecule has 0 radical (unpaired) electrons. The average Bonchev–Trinajstić information content (AvgIpc) is 2.53. The van der Waals surface area contributed by atoms with Gasteiger partial charge in [-0.2, -0.15) is 13.7 Å². The van der Waals surface area contributed by atoms with Gasteiger partial charge in [0.2, 0.25) is 0 Å². The van der Waals surface area contributed by atoms with E-state index in [1.54, 1.807) is 0 Å². The van der Waals surface area contributed by atoms with Crippen LogP contribution in [0.5, 0.6) is 0 Å². The van der Waals surface area contributed by atoms with Gasteiger partial charge in [0.1, 0.15) is 19.8 Å². The zero-order valence-corrected chi connectivity index (χ0v) is 14.1. The highest BCUT2D eigenvalue weighted by atomic mass is 28.4. The van der Waals surface area contributed by atoms with Crippen molar-refractivity contribution in [3.63, 3.8) is 0 Å². The van der Waals surface area contributed by atoms with Crippen LogP contribution in [0.1, 0.15) is 0 Å². The maximum absolute atomic E-state index is 5.11. The van der Waals surface area contributed by atoms with Crippen LogP contribution in [0.2, 0.25) is 0 Å². The van der Waals surface area contributed by atoms with E-state index in [-0.39, 0.29) is 19.8 Å². The molecule has 0 atom stereocenters. The van der Waals surface area contributed by atoms with Crippen LogP contribution >= 0.6 is 0 Å². The van der Waals surface area contributed by atoms with Crippen LogP contribution in [-0.2, 0) is 47.0 Å². The molecule has 0 saturated carbocycles. The zero-order chi connectivity index (χ0) is 16.5. The predicted molar refractivity (Wildman–Crippen MR) is 73.8 cm³/mol. The smallest absolute Gasteiger partial charge is 0.484 e. The third-order valence-corrected chi connectivity index (χ3v) is 3.24. The van der Waals surface area contributed by atoms with E-state index in [0.29, 0.717) is 19.8 Å². The number of ether oxygens (including phenoxy) is 3. The van der Waals surface area contributed by atoms with Crippen molar-refractivity contribution in [2.75, 3.05) is 61.0 Å². The summed E-state index contributed by atoms with van der Waals surface area (Å²) in [6, 6.07) is 0. The van der Waals surface area contributed by atoms with Gasteiger partial charge in [0.25, 0.3) is 0 Å². The molecule has 132 valence electrons. The summed E-state index contributed by atoms with van der Waals surface area (Å²) >= 11 is 0. The number of hydrogen-bond acceptors (Lipinski definition) is 10. The minimum absolute atomic E-state index is 0.120. The minimum atomic E-state index is -3.90. The molecule has 11 heteroatoms. The molecule has 0 fully saturated rings. The Morgan fingerprint density at radius 1 is 0.682 bits per heavy atom. The van der Waals surface area contributed by atoms with Crippen LogP contribution in [0.25, 0.3) is 0 Å². The fourth-order valence-corrected chi connectivity index (χ4v) is 1.98. The second-order valence-corrected chi connectivity index (χ2v) is 5.21. The van der Waals surface area contributed by atoms with Gasteiger partial charge in [-0.25, -0.2) is 14.7 Å². The summed E-state index contributed by atoms with van der Waals surface area (Å²) in [6.45, 7) is 4.67. The van der Waals surface area contributed by atoms with Crippen molar-refractivity contribution in [3.05, 3.63) is 12.8 Å². The van der Waals surface area contributed by atoms with Crippen LogP contribution in [0, 0.1) is 0 Å². The first-order valence-electron chi connectivity index (χ1n) is 6.42. The third-order valence-electron chi connectivity index (χ3n) is 1.82. The van der Waals surface area contributed by atoms with Crippen molar-refractivity contribution in [2.24, 2.45) is 0 Å². The van der Waals surface area contributed by atoms with Crippen LogP contribution in [0.15, 0.2) is 12.8 Å². The zero-order valence-electron chi connectivity index (χ0n) is 13.1. The second-order valence-electron chi connectivity index (χ2n) is 3.48. The van der Waals surface area contributed by atoms with E-state index >= 15 is 0 Å². The standard InChI is InChI=1S/C11H24O10Si/c1-5-18-22(19-15-9-6-12-2,20-16-10-7-13-3)21-17-11-8-14-4/h5H,1,6-11H2,2-4H3. The molecule has 10 nitrogen and oxygen atoms in total. The summed E-state index contributed by atoms with van der Waals surface area (Å²) in [5, 5.41) is 0. The highest BCUT2D eigenvalue weighted by molar-refractivity contribution is 6.52. The number of hydrogen-bond donors (Lipinski definition) is 0. The summed E-state index contributed by atoms with van der Waals surface area (Å²) in [5.74, 6) is 0. The highest BCUT2D eigenvalue weighted by Gasteiger charge is 2.54. The lowest BCUT2D eigenvalue weighted by Gasteiger charge is -2.22. The summed E-state index contributed by atoms with van der Waals surface area (Å²) in [5.41, 5.74) is 0. The van der Waals surface area contributed by atoms with E-state index in [1.807, 2.05) is 0 Å². The lowest BCUT2D eigenvalue weighted by molar-refractivity contribution is -0.386. The SMILES string of the molecule is C=CO[Si](OOCCOC)(OOCCOC)OOCCOC. The van der Waals surface area contributed by atoms with Gasteiger partial charge in [0.15, 0.2) is 0 Å². The molecule has 0 unspecified atom stereocenters. The number of rotatable bonds is 17. The molecule has 0 bridgehead atoms. The van der Waals surface area contributed by atoms with Crippen molar-refractivity contribution < 1.29 is 47.0 Å². The van der Waals surface area contributed by atoms with Crippen molar-refractivity contribution >= 4 is 9.05 Å². The second kappa shape index (κ2) is 15.3. The Morgan fingerprint density at radius 3 is 1.32 bits per heavy atom. The molecule has 0 N–H and O–H groups in total. The van der Waals surface area contributed by atoms with Gasteiger partial charge in [-0.15, -0.1) is 0 Å². The molecule has 0 aromatic rings. The first-order chi connectivity index (χ1) is 10.7. The fourth-order valence-electron chi connectivity index (χ4n) is 0.896. The fraction of sp³-hybridized carbons (Fsp3) is 0.818. The summed E-state index contributed by atoms with van der Waals surface area (Å²) in [7, 11) is 0.654. The maximum Gasteiger partial charge on any atom is 0.834 e. The molecule has 22 heavy (non-hydrogen) atoms. The van der Waals surface area contributed by atoms with Crippen LogP contribution in [0.3, 0.4) is 0 Å². The van der Waals surface area contributed by atoms with E-state index < -0.39 is 9.05 Å². The summed E-state index contributed by atoms with van der Waals surface area (Å²) < 4.78 is 34.6. The Kier molecular flexibility index (Phi) is 14.9. The van der Waals surface area contributed by atoms with Gasteiger partial charge in [0.05, 0.1) is 26.1 Å². The van der Waals surface area contributed by atoms with Gasteiger partial charge < -0.3 is 18.6 Å². The summed E-state index contributed by atoms with van der Waals surface area (Å²) in [6.07, 6.45) is 1.06. The summed E-state index contributed by atoms with van der Waals surface area (Å²) in [4.78, 5) is 14.7. The van der Waals surface area contributed by atoms with E-state index in [1.165, 1.54) is 21.3 Å². The first-order valence-corrected chi connectivity index (χ1v) is 8.05. The van der Waals surface area contributed by atoms with Crippen molar-refractivity contribution in [2.45, 2.75) is 0 Å². The van der Waals surface area contributed by atoms with E-state index in [4.69, 9.17) is 47.0 Å². The molecular formula is C11H24O10Si. The quantitative estimate of drug-likeness (QED) is 0.121. The Labute approximate surface area is 130 Å². The molecule has 0 aromatic carbocycles. The van der Waals surface area contributed by atoms with Crippen LogP contribution < -0.4 is 0 Å². The minimum Gasteiger partial charge on any atom is -0.484 e. The van der Waals surface area contributed by atoms with Gasteiger partial charge in [0, 0.05) is 21.3 Å². The Balaban J connectivity index is 4.43. The monoisotopic (exact) mass is 344 g/mol. The van der Waals surface area contributed by atoms with Crippen molar-refractivity contribution in [3.8, 4) is 0 Å². The van der Waals surface area contributed by atoms with E-state index in [9.17, 15) is 0 Å². The number of methoxy groups -OCH3 is 3. The Morgan fingerprint density at radius 2 is 1.05 bits per heavy atom. The van der Waals surface area contributed by atoms with Gasteiger partial charge in [-0.3, -0.25) is 0 Å². The van der Waals surface area contributed by atoms with Gasteiger partial charge in [-0.1, -0.05) is 6.58 Å². The molecule has 0 aliphatic rings. The Hall–Kier alpha value is -0.603. The maximum atomic E-state index is 5.11. The molecule has 0 spiro atoms. The van der Waals surface area contributed by atoms with Gasteiger partial charge >= 0.3 is 9.05 Å². The lowest BCUT2D eigenvalue weighted by Crippen LogP contribution is -2.48. The normalized spacial score (nSPS) is 11.6. The van der Waals surface area contributed by atoms with E-state index in [0.717, 1.165) is 6.26 Å². The first kappa shape index (κ1) is 21.4. The van der Waals surface area contributed by atoms with Crippen LogP contribution in [-0.4, -0.2) is 70.0 Å². The van der Waals surface area contributed by atoms with Crippen molar-refractivity contribution in [1.29, 1.82) is 0 Å². The Bertz CT molecular complexity index is 224. The average molecular weight is 344 g/mol. The van der Waals surface area contributed by atoms with Gasteiger partial charge in [-0.05, 0) is 0 Å². The largest absolute Gasteiger partial charge is 0.834 e. The molecule has 0 saturated heterocycles. The predicted octanol–water partition coefficient (Wildman–Crippen LogP) is 0.366. The topological polar surface area (TPSA) is 92.3 Å². The molecule has 0 aromatic heterocycles. The van der Waals surface area contributed by atoms with Crippen molar-refractivity contribution in [1.82, 2.24) is 0 Å². The molecular weight excluding hydrogens is 320 g/mol. The highest BCUT2D eigenvalue weighted by Crippen LogP contribution is 2.14. The van der Waals surface area contributed by atoms with E-state index in [2.05, 4.69) is 6.58 Å². The molecule has 0 aliphatic carbocycles. The third kappa shape index (κ3) is 11.0.